The van der Waals surface area contributed by atoms with Gasteiger partial charge in [-0.2, -0.15) is 8.78 Å². The quantitative estimate of drug-likeness (QED) is 0.468. The first-order valence-electron chi connectivity index (χ1n) is 8.30. The number of nitrogens with one attached hydrogen (secondary N) is 1. The molecule has 8 heteroatoms. The number of alkyl halides is 2. The monoisotopic (exact) mass is 389 g/mol. The van der Waals surface area contributed by atoms with E-state index in [1.807, 2.05) is 0 Å². The van der Waals surface area contributed by atoms with Gasteiger partial charge in [-0.3, -0.25) is 14.2 Å². The molecule has 0 spiro atoms. The van der Waals surface area contributed by atoms with Gasteiger partial charge in [0.15, 0.2) is 10.9 Å². The molecule has 0 bridgehead atoms. The highest BCUT2D eigenvalue weighted by Gasteiger charge is 2.19. The van der Waals surface area contributed by atoms with Crippen LogP contribution >= 0.6 is 11.8 Å². The molecule has 3 aromatic rings. The van der Waals surface area contributed by atoms with Crippen molar-refractivity contribution in [3.8, 4) is 0 Å². The number of Topliss-reactive ketones (excluding diaryl/α,β-unsaturated/α-hetero) is 1. The summed E-state index contributed by atoms with van der Waals surface area (Å²) in [5, 5.41) is 2.80. The summed E-state index contributed by atoms with van der Waals surface area (Å²) in [4.78, 5) is 27.9. The fourth-order valence-corrected chi connectivity index (χ4v) is 3.42. The van der Waals surface area contributed by atoms with Gasteiger partial charge >= 0.3 is 6.55 Å². The predicted molar refractivity (Wildman–Crippen MR) is 101 cm³/mol. The Balaban J connectivity index is 1.71. The van der Waals surface area contributed by atoms with Crippen molar-refractivity contribution in [2.24, 2.45) is 0 Å². The lowest BCUT2D eigenvalue weighted by atomic mass is 10.1. The third-order valence-electron chi connectivity index (χ3n) is 3.90. The summed E-state index contributed by atoms with van der Waals surface area (Å²) in [5.74, 6) is -0.340. The van der Waals surface area contributed by atoms with Crippen molar-refractivity contribution < 1.29 is 18.4 Å². The third-order valence-corrected chi connectivity index (χ3v) is 4.86. The van der Waals surface area contributed by atoms with Crippen LogP contribution in [0.3, 0.4) is 0 Å². The van der Waals surface area contributed by atoms with E-state index in [-0.39, 0.29) is 22.6 Å². The Morgan fingerprint density at radius 3 is 2.52 bits per heavy atom. The van der Waals surface area contributed by atoms with Gasteiger partial charge in [0.25, 0.3) is 0 Å². The first kappa shape index (κ1) is 19.0. The smallest absolute Gasteiger partial charge is 0.321 e. The summed E-state index contributed by atoms with van der Waals surface area (Å²) >= 11 is 0.975. The molecule has 27 heavy (non-hydrogen) atoms. The van der Waals surface area contributed by atoms with Gasteiger partial charge in [0, 0.05) is 17.7 Å². The van der Waals surface area contributed by atoms with E-state index in [1.165, 1.54) is 0 Å². The first-order chi connectivity index (χ1) is 13.0. The summed E-state index contributed by atoms with van der Waals surface area (Å²) in [6.45, 7) is -0.992. The average molecular weight is 389 g/mol. The number of benzene rings is 2. The number of carbonyl (C=O) groups excluding carboxylic acids is 2. The van der Waals surface area contributed by atoms with Gasteiger partial charge in [-0.1, -0.05) is 30.8 Å². The van der Waals surface area contributed by atoms with Gasteiger partial charge in [0.1, 0.15) is 0 Å². The van der Waals surface area contributed by atoms with Gasteiger partial charge in [0.2, 0.25) is 5.91 Å². The van der Waals surface area contributed by atoms with E-state index in [4.69, 9.17) is 0 Å². The first-order valence-corrected chi connectivity index (χ1v) is 9.29. The fraction of sp³-hybridized carbons (Fsp3) is 0.211. The number of thioether (sulfide) groups is 1. The van der Waals surface area contributed by atoms with Crippen LogP contribution in [0.2, 0.25) is 0 Å². The number of ketones is 1. The number of fused-ring (bicyclic) bond motifs is 1. The van der Waals surface area contributed by atoms with Gasteiger partial charge in [-0.05, 0) is 36.4 Å². The maximum absolute atomic E-state index is 13.4. The molecule has 3 rings (SSSR count). The van der Waals surface area contributed by atoms with E-state index >= 15 is 0 Å². The molecule has 140 valence electrons. The number of para-hydroxylation sites is 2. The van der Waals surface area contributed by atoms with Crippen molar-refractivity contribution in [2.45, 2.75) is 25.1 Å². The molecule has 1 aromatic heterocycles. The molecule has 1 amide bonds. The second-order valence-corrected chi connectivity index (χ2v) is 6.66. The highest BCUT2D eigenvalue weighted by Crippen LogP contribution is 2.29. The van der Waals surface area contributed by atoms with E-state index < -0.39 is 6.55 Å². The standard InChI is InChI=1S/C19H17F2N3O2S/c1-2-17(26)22-13-9-7-12(8-10-13)16(25)11-27-19-23-14-5-3-4-6-15(14)24(19)18(20)21/h3-10,18H,2,11H2,1H3,(H,22,26). The summed E-state index contributed by atoms with van der Waals surface area (Å²) < 4.78 is 27.6. The van der Waals surface area contributed by atoms with Gasteiger partial charge in [0.05, 0.1) is 16.8 Å². The highest BCUT2D eigenvalue weighted by molar-refractivity contribution is 7.99. The third kappa shape index (κ3) is 4.33. The lowest BCUT2D eigenvalue weighted by molar-refractivity contribution is -0.115. The summed E-state index contributed by atoms with van der Waals surface area (Å²) in [6.07, 6.45) is 0.364. The van der Waals surface area contributed by atoms with Crippen LogP contribution in [0.1, 0.15) is 30.3 Å². The average Bonchev–Trinajstić information content (AvgIpc) is 3.05. The van der Waals surface area contributed by atoms with Crippen molar-refractivity contribution in [3.05, 3.63) is 54.1 Å². The molecule has 0 saturated heterocycles. The Bertz CT molecular complexity index is 971. The largest absolute Gasteiger partial charge is 0.326 e. The van der Waals surface area contributed by atoms with Crippen molar-refractivity contribution in [2.75, 3.05) is 11.1 Å². The van der Waals surface area contributed by atoms with E-state index in [0.29, 0.717) is 28.7 Å². The summed E-state index contributed by atoms with van der Waals surface area (Å²) in [7, 11) is 0. The lowest BCUT2D eigenvalue weighted by Gasteiger charge is -2.07. The Labute approximate surface area is 158 Å². The van der Waals surface area contributed by atoms with Crippen LogP contribution in [0, 0.1) is 0 Å². The molecule has 0 atom stereocenters. The highest BCUT2D eigenvalue weighted by atomic mass is 32.2. The zero-order valence-electron chi connectivity index (χ0n) is 14.5. The topological polar surface area (TPSA) is 64.0 Å². The minimum Gasteiger partial charge on any atom is -0.326 e. The molecule has 0 aliphatic carbocycles. The van der Waals surface area contributed by atoms with Crippen LogP contribution in [0.5, 0.6) is 0 Å². The maximum Gasteiger partial charge on any atom is 0.321 e. The van der Waals surface area contributed by atoms with E-state index in [9.17, 15) is 18.4 Å². The lowest BCUT2D eigenvalue weighted by Crippen LogP contribution is -2.10. The normalized spacial score (nSPS) is 11.1. The van der Waals surface area contributed by atoms with E-state index in [1.54, 1.807) is 55.5 Å². The van der Waals surface area contributed by atoms with Gasteiger partial charge in [-0.25, -0.2) is 4.98 Å². The van der Waals surface area contributed by atoms with Crippen LogP contribution < -0.4 is 5.32 Å². The van der Waals surface area contributed by atoms with Crippen LogP contribution in [0.15, 0.2) is 53.7 Å². The Morgan fingerprint density at radius 1 is 1.15 bits per heavy atom. The predicted octanol–water partition coefficient (Wildman–Crippen LogP) is 4.75. The molecule has 2 aromatic carbocycles. The maximum atomic E-state index is 13.4. The summed E-state index contributed by atoms with van der Waals surface area (Å²) in [5.41, 5.74) is 1.84. The van der Waals surface area contributed by atoms with Crippen molar-refractivity contribution in [1.29, 1.82) is 0 Å². The van der Waals surface area contributed by atoms with Gasteiger partial charge in [-0.15, -0.1) is 0 Å². The molecule has 0 aliphatic rings. The molecule has 1 heterocycles. The number of hydrogen-bond donors (Lipinski definition) is 1. The SMILES string of the molecule is CCC(=O)Nc1ccc(C(=O)CSc2nc3ccccc3n2C(F)F)cc1. The second-order valence-electron chi connectivity index (χ2n) is 5.72. The van der Waals surface area contributed by atoms with Gasteiger partial charge < -0.3 is 5.32 Å². The molecule has 0 radical (unpaired) electrons. The number of amides is 1. The van der Waals surface area contributed by atoms with Crippen LogP contribution in [0.4, 0.5) is 14.5 Å². The number of anilines is 1. The molecular weight excluding hydrogens is 372 g/mol. The van der Waals surface area contributed by atoms with Crippen molar-refractivity contribution in [1.82, 2.24) is 9.55 Å². The molecule has 1 N–H and O–H groups in total. The second kappa shape index (κ2) is 8.30. The number of carbonyl (C=O) groups is 2. The number of rotatable bonds is 7. The summed E-state index contributed by atoms with van der Waals surface area (Å²) in [6, 6.07) is 13.1. The Hall–Kier alpha value is -2.74. The van der Waals surface area contributed by atoms with E-state index in [0.717, 1.165) is 16.3 Å². The molecule has 0 fully saturated rings. The molecular formula is C19H17F2N3O2S. The molecule has 0 unspecified atom stereocenters. The minimum absolute atomic E-state index is 0.0172. The molecule has 5 nitrogen and oxygen atoms in total. The van der Waals surface area contributed by atoms with Crippen LogP contribution in [-0.2, 0) is 4.79 Å². The minimum atomic E-state index is -2.74. The number of aromatic nitrogens is 2. The van der Waals surface area contributed by atoms with Crippen LogP contribution in [0.25, 0.3) is 11.0 Å². The van der Waals surface area contributed by atoms with E-state index in [2.05, 4.69) is 10.3 Å². The molecule has 0 aliphatic heterocycles. The number of imidazole rings is 1. The van der Waals surface area contributed by atoms with Crippen LogP contribution in [-0.4, -0.2) is 27.0 Å². The number of hydrogen-bond acceptors (Lipinski definition) is 4. The van der Waals surface area contributed by atoms with Crippen molar-refractivity contribution in [3.63, 3.8) is 0 Å². The zero-order chi connectivity index (χ0) is 19.4. The fourth-order valence-electron chi connectivity index (χ4n) is 2.52. The Kier molecular flexibility index (Phi) is 5.85. The number of nitrogens with zero attached hydrogens (tertiary/aromatic N) is 2. The van der Waals surface area contributed by atoms with Crippen molar-refractivity contribution >= 4 is 40.2 Å². The zero-order valence-corrected chi connectivity index (χ0v) is 15.3. The number of halogens is 2. The molecule has 0 saturated carbocycles. The Morgan fingerprint density at radius 2 is 1.85 bits per heavy atom.